The Morgan fingerprint density at radius 3 is 2.55 bits per heavy atom. The van der Waals surface area contributed by atoms with Gasteiger partial charge in [-0.15, -0.1) is 0 Å². The molecule has 1 aliphatic heterocycles. The lowest BCUT2D eigenvalue weighted by Crippen LogP contribution is -2.30. The number of phenolic OH excluding ortho intramolecular Hbond substituents is 1. The Labute approximate surface area is 113 Å². The van der Waals surface area contributed by atoms with Crippen LogP contribution in [0.4, 0.5) is 10.1 Å². The van der Waals surface area contributed by atoms with Crippen LogP contribution in [0.5, 0.6) is 5.75 Å². The molecule has 0 saturated heterocycles. The van der Waals surface area contributed by atoms with Crippen molar-refractivity contribution in [2.45, 2.75) is 0 Å². The smallest absolute Gasteiger partial charge is 0.330 e. The fourth-order valence-electron chi connectivity index (χ4n) is 2.06. The van der Waals surface area contributed by atoms with Crippen molar-refractivity contribution in [1.82, 2.24) is 4.72 Å². The van der Waals surface area contributed by atoms with Crippen LogP contribution >= 0.6 is 0 Å². The van der Waals surface area contributed by atoms with E-state index >= 15 is 0 Å². The Hall–Kier alpha value is -2.48. The molecular formula is C12H9FN2O4S. The maximum Gasteiger partial charge on any atom is 0.330 e. The van der Waals surface area contributed by atoms with E-state index in [4.69, 9.17) is 0 Å². The third-order valence-corrected chi connectivity index (χ3v) is 4.17. The first kappa shape index (κ1) is 12.5. The minimum absolute atomic E-state index is 0.162. The number of rotatable bonds is 1. The molecule has 0 amide bonds. The second-order valence-corrected chi connectivity index (χ2v) is 5.74. The summed E-state index contributed by atoms with van der Waals surface area (Å²) >= 11 is 0. The third-order valence-electron chi connectivity index (χ3n) is 2.89. The quantitative estimate of drug-likeness (QED) is 0.747. The predicted octanol–water partition coefficient (Wildman–Crippen LogP) is 1.70. The van der Waals surface area contributed by atoms with E-state index < -0.39 is 33.3 Å². The van der Waals surface area contributed by atoms with Crippen LogP contribution < -0.4 is 9.03 Å². The van der Waals surface area contributed by atoms with Crippen LogP contribution in [0, 0.1) is 5.82 Å². The molecule has 1 heterocycles. The van der Waals surface area contributed by atoms with Gasteiger partial charge in [0.2, 0.25) is 5.88 Å². The average molecular weight is 296 g/mol. The molecule has 6 nitrogen and oxygen atoms in total. The van der Waals surface area contributed by atoms with E-state index in [1.807, 2.05) is 0 Å². The molecule has 0 aromatic heterocycles. The predicted molar refractivity (Wildman–Crippen MR) is 70.8 cm³/mol. The summed E-state index contributed by atoms with van der Waals surface area (Å²) in [7, 11) is -4.16. The van der Waals surface area contributed by atoms with Crippen molar-refractivity contribution in [3.63, 3.8) is 0 Å². The van der Waals surface area contributed by atoms with Gasteiger partial charge in [0, 0.05) is 5.39 Å². The van der Waals surface area contributed by atoms with Crippen LogP contribution in [0.1, 0.15) is 0 Å². The van der Waals surface area contributed by atoms with Crippen molar-refractivity contribution in [2.24, 2.45) is 0 Å². The number of aliphatic hydroxyl groups is 1. The van der Waals surface area contributed by atoms with E-state index in [0.29, 0.717) is 9.69 Å². The van der Waals surface area contributed by atoms with Gasteiger partial charge in [0.25, 0.3) is 0 Å². The normalized spacial score (nSPS) is 17.1. The molecule has 20 heavy (non-hydrogen) atoms. The van der Waals surface area contributed by atoms with E-state index in [0.717, 1.165) is 6.20 Å². The lowest BCUT2D eigenvalue weighted by Gasteiger charge is -2.17. The molecule has 0 fully saturated rings. The van der Waals surface area contributed by atoms with Gasteiger partial charge in [0.05, 0.1) is 6.20 Å². The van der Waals surface area contributed by atoms with Crippen LogP contribution in [0.2, 0.25) is 0 Å². The number of aliphatic hydroxyl groups excluding tert-OH is 1. The average Bonchev–Trinajstić information content (AvgIpc) is 2.63. The highest BCUT2D eigenvalue weighted by Crippen LogP contribution is 2.38. The van der Waals surface area contributed by atoms with Crippen molar-refractivity contribution < 1.29 is 23.0 Å². The first-order chi connectivity index (χ1) is 9.40. The number of hydrogen-bond donors (Lipinski definition) is 3. The van der Waals surface area contributed by atoms with Crippen LogP contribution in [-0.2, 0) is 10.2 Å². The van der Waals surface area contributed by atoms with Gasteiger partial charge in [-0.1, -0.05) is 24.3 Å². The van der Waals surface area contributed by atoms with E-state index in [1.54, 1.807) is 22.9 Å². The summed E-state index contributed by atoms with van der Waals surface area (Å²) in [6.45, 7) is 0. The first-order valence-electron chi connectivity index (χ1n) is 5.53. The highest BCUT2D eigenvalue weighted by molar-refractivity contribution is 7.91. The molecule has 0 spiro atoms. The second-order valence-electron chi connectivity index (χ2n) is 4.20. The molecule has 3 rings (SSSR count). The molecule has 0 aliphatic carbocycles. The number of fused-ring (bicyclic) bond motifs is 1. The SMILES string of the molecule is O=S1(=O)NC(O)=CN1c1c(O)cc2ccccc2c1F. The lowest BCUT2D eigenvalue weighted by atomic mass is 10.1. The Morgan fingerprint density at radius 2 is 1.90 bits per heavy atom. The van der Waals surface area contributed by atoms with Crippen molar-refractivity contribution >= 4 is 26.7 Å². The molecule has 0 radical (unpaired) electrons. The van der Waals surface area contributed by atoms with Crippen LogP contribution in [0.25, 0.3) is 10.8 Å². The Bertz CT molecular complexity index is 848. The van der Waals surface area contributed by atoms with Crippen LogP contribution in [0.3, 0.4) is 0 Å². The number of halogens is 1. The standard InChI is InChI=1S/C12H9FN2O4S/c13-11-8-4-2-1-3-7(8)5-9(16)12(11)15-6-10(17)14-20(15,18)19/h1-6,14,16-17H. The zero-order valence-corrected chi connectivity index (χ0v) is 10.7. The zero-order valence-electron chi connectivity index (χ0n) is 9.91. The van der Waals surface area contributed by atoms with Crippen LogP contribution in [-0.4, -0.2) is 18.6 Å². The molecule has 3 N–H and O–H groups in total. The Balaban J connectivity index is 2.32. The maximum atomic E-state index is 14.4. The summed E-state index contributed by atoms with van der Waals surface area (Å²) < 4.78 is 40.2. The molecule has 0 saturated carbocycles. The van der Waals surface area contributed by atoms with E-state index in [2.05, 4.69) is 0 Å². The van der Waals surface area contributed by atoms with Crippen molar-refractivity contribution in [2.75, 3.05) is 4.31 Å². The summed E-state index contributed by atoms with van der Waals surface area (Å²) in [5.41, 5.74) is -0.541. The molecule has 8 heteroatoms. The summed E-state index contributed by atoms with van der Waals surface area (Å²) in [4.78, 5) is 0. The summed E-state index contributed by atoms with van der Waals surface area (Å²) in [5, 5.41) is 19.7. The number of phenols is 1. The topological polar surface area (TPSA) is 89.9 Å². The van der Waals surface area contributed by atoms with E-state index in [-0.39, 0.29) is 5.39 Å². The van der Waals surface area contributed by atoms with Crippen molar-refractivity contribution in [3.8, 4) is 5.75 Å². The number of aromatic hydroxyl groups is 1. The van der Waals surface area contributed by atoms with Gasteiger partial charge in [-0.3, -0.25) is 0 Å². The summed E-state index contributed by atoms with van der Waals surface area (Å²) in [6.07, 6.45) is 0.780. The van der Waals surface area contributed by atoms with Gasteiger partial charge in [-0.05, 0) is 11.5 Å². The monoisotopic (exact) mass is 296 g/mol. The molecular weight excluding hydrogens is 287 g/mol. The van der Waals surface area contributed by atoms with Gasteiger partial charge in [-0.25, -0.2) is 13.4 Å². The van der Waals surface area contributed by atoms with Crippen molar-refractivity contribution in [1.29, 1.82) is 0 Å². The van der Waals surface area contributed by atoms with Gasteiger partial charge >= 0.3 is 10.2 Å². The third kappa shape index (κ3) is 1.73. The number of benzene rings is 2. The number of nitrogens with zero attached hydrogens (tertiary/aromatic N) is 1. The first-order valence-corrected chi connectivity index (χ1v) is 6.97. The second kappa shape index (κ2) is 4.01. The molecule has 1 aliphatic rings. The molecule has 104 valence electrons. The minimum atomic E-state index is -4.16. The molecule has 2 aromatic carbocycles. The highest BCUT2D eigenvalue weighted by atomic mass is 32.2. The number of hydrogen-bond acceptors (Lipinski definition) is 4. The van der Waals surface area contributed by atoms with E-state index in [9.17, 15) is 23.0 Å². The summed E-state index contributed by atoms with van der Waals surface area (Å²) in [6, 6.07) is 7.57. The van der Waals surface area contributed by atoms with Crippen molar-refractivity contribution in [3.05, 3.63) is 48.2 Å². The van der Waals surface area contributed by atoms with Gasteiger partial charge in [0.1, 0.15) is 11.4 Å². The van der Waals surface area contributed by atoms with Crippen LogP contribution in [0.15, 0.2) is 42.4 Å². The molecule has 0 unspecified atom stereocenters. The van der Waals surface area contributed by atoms with Gasteiger partial charge in [-0.2, -0.15) is 8.42 Å². The van der Waals surface area contributed by atoms with Gasteiger partial charge in [0.15, 0.2) is 5.82 Å². The maximum absolute atomic E-state index is 14.4. The Kier molecular flexibility index (Phi) is 2.51. The minimum Gasteiger partial charge on any atom is -0.506 e. The lowest BCUT2D eigenvalue weighted by molar-refractivity contribution is 0.392. The highest BCUT2D eigenvalue weighted by Gasteiger charge is 2.33. The molecule has 0 bridgehead atoms. The molecule has 2 aromatic rings. The Morgan fingerprint density at radius 1 is 1.20 bits per heavy atom. The largest absolute Gasteiger partial charge is 0.506 e. The number of anilines is 1. The zero-order chi connectivity index (χ0) is 14.5. The fourth-order valence-corrected chi connectivity index (χ4v) is 3.13. The fraction of sp³-hybridized carbons (Fsp3) is 0. The van der Waals surface area contributed by atoms with Gasteiger partial charge < -0.3 is 10.2 Å². The molecule has 0 atom stereocenters. The number of nitrogens with one attached hydrogen (secondary N) is 1. The van der Waals surface area contributed by atoms with E-state index in [1.165, 1.54) is 12.1 Å². The summed E-state index contributed by atoms with van der Waals surface area (Å²) in [5.74, 6) is -2.09.